The average Bonchev–Trinajstić information content (AvgIpc) is 3.42. The summed E-state index contributed by atoms with van der Waals surface area (Å²) in [7, 11) is -3.97. The third-order valence-electron chi connectivity index (χ3n) is 8.20. The highest BCUT2D eigenvalue weighted by atomic mass is 35.5. The van der Waals surface area contributed by atoms with E-state index in [4.69, 9.17) is 21.1 Å². The summed E-state index contributed by atoms with van der Waals surface area (Å²) in [5.74, 6) is 0.702. The zero-order chi connectivity index (χ0) is 32.4. The minimum absolute atomic E-state index is 0. The number of ether oxygens (including phenoxy) is 2. The van der Waals surface area contributed by atoms with Crippen molar-refractivity contribution in [3.05, 3.63) is 88.9 Å². The molecule has 2 amide bonds. The molecule has 3 aromatic carbocycles. The molecule has 1 aliphatic heterocycles. The summed E-state index contributed by atoms with van der Waals surface area (Å²) in [6, 6.07) is 20.1. The fourth-order valence-electron chi connectivity index (χ4n) is 5.55. The van der Waals surface area contributed by atoms with Crippen molar-refractivity contribution in [3.8, 4) is 11.5 Å². The molecule has 13 heteroatoms. The fraction of sp³-hybridized carbons (Fsp3) is 0.394. The SMILES string of the molecule is CC(C)(C)c1ccc(O[C@@H](Cc2ccc(OCCNC3[C@H]4CN(C(=O)NS(=O)(=O)c5ccc(Cl)cc5)C[C@@H]34)cc2)C(=O)O)cc1.Cl. The summed E-state index contributed by atoms with van der Waals surface area (Å²) in [6.45, 7) is 8.36. The van der Waals surface area contributed by atoms with E-state index in [0.29, 0.717) is 42.8 Å². The highest BCUT2D eigenvalue weighted by molar-refractivity contribution is 7.90. The van der Waals surface area contributed by atoms with Gasteiger partial charge in [-0.2, -0.15) is 0 Å². The minimum Gasteiger partial charge on any atom is -0.492 e. The Labute approximate surface area is 280 Å². The van der Waals surface area contributed by atoms with Crippen LogP contribution in [0.15, 0.2) is 77.7 Å². The number of likely N-dealkylation sites (tertiary alicyclic amines) is 1. The minimum atomic E-state index is -3.97. The topological polar surface area (TPSA) is 134 Å². The van der Waals surface area contributed by atoms with E-state index in [2.05, 4.69) is 30.8 Å². The molecule has 0 radical (unpaired) electrons. The number of carbonyl (C=O) groups excluding carboxylic acids is 1. The summed E-state index contributed by atoms with van der Waals surface area (Å²) in [4.78, 5) is 25.9. The normalized spacial score (nSPS) is 19.4. The Balaban J connectivity index is 0.00000480. The predicted octanol–water partition coefficient (Wildman–Crippen LogP) is 5.13. The number of nitrogens with one attached hydrogen (secondary N) is 2. The zero-order valence-electron chi connectivity index (χ0n) is 25.8. The highest BCUT2D eigenvalue weighted by Gasteiger charge is 2.56. The number of carboxylic acid groups (broad SMARTS) is 1. The Bertz CT molecular complexity index is 1600. The van der Waals surface area contributed by atoms with Crippen LogP contribution in [0.3, 0.4) is 0 Å². The first-order valence-corrected chi connectivity index (χ1v) is 16.7. The summed E-state index contributed by atoms with van der Waals surface area (Å²) in [5, 5.41) is 13.6. The second-order valence-corrected chi connectivity index (χ2v) is 14.6. The van der Waals surface area contributed by atoms with Gasteiger partial charge in [0.2, 0.25) is 0 Å². The summed E-state index contributed by atoms with van der Waals surface area (Å²) in [5.41, 5.74) is 1.96. The number of carbonyl (C=O) groups is 2. The standard InChI is InChI=1S/C33H38ClN3O7S.ClH/c1-33(2,3)22-6-12-25(13-7-22)44-29(31(38)39)18-21-4-10-24(11-5-21)43-17-16-35-30-27-19-37(20-28(27)30)32(40)36-45(41,42)26-14-8-23(34)9-15-26;/h4-15,27-30,35H,16-20H2,1-3H3,(H,36,40)(H,38,39);1H/t27-,28+,29-,30?;/m0./s1. The number of fused-ring (bicyclic) bond motifs is 1. The number of urea groups is 1. The molecule has 2 fully saturated rings. The molecule has 0 bridgehead atoms. The van der Waals surface area contributed by atoms with Gasteiger partial charge in [-0.15, -0.1) is 12.4 Å². The number of amides is 2. The van der Waals surface area contributed by atoms with Crippen LogP contribution in [0.4, 0.5) is 4.79 Å². The Morgan fingerprint density at radius 1 is 0.957 bits per heavy atom. The zero-order valence-corrected chi connectivity index (χ0v) is 28.2. The summed E-state index contributed by atoms with van der Waals surface area (Å²) >= 11 is 5.82. The van der Waals surface area contributed by atoms with Crippen molar-refractivity contribution in [3.63, 3.8) is 0 Å². The lowest BCUT2D eigenvalue weighted by molar-refractivity contribution is -0.145. The van der Waals surface area contributed by atoms with Crippen LogP contribution in [0.5, 0.6) is 11.5 Å². The van der Waals surface area contributed by atoms with Crippen molar-refractivity contribution >= 4 is 46.0 Å². The van der Waals surface area contributed by atoms with Crippen LogP contribution >= 0.6 is 24.0 Å². The first-order chi connectivity index (χ1) is 21.3. The van der Waals surface area contributed by atoms with Gasteiger partial charge >= 0.3 is 12.0 Å². The maximum atomic E-state index is 12.6. The van der Waals surface area contributed by atoms with E-state index in [-0.39, 0.29) is 47.0 Å². The van der Waals surface area contributed by atoms with E-state index in [1.807, 2.05) is 36.4 Å². The molecule has 1 heterocycles. The number of hydrogen-bond donors (Lipinski definition) is 3. The van der Waals surface area contributed by atoms with E-state index < -0.39 is 28.1 Å². The largest absolute Gasteiger partial charge is 0.492 e. The highest BCUT2D eigenvalue weighted by Crippen LogP contribution is 2.45. The number of nitrogens with zero attached hydrogens (tertiary/aromatic N) is 1. The third-order valence-corrected chi connectivity index (χ3v) is 9.78. The second kappa shape index (κ2) is 14.5. The van der Waals surface area contributed by atoms with Gasteiger partial charge in [-0.05, 0) is 76.9 Å². The Kier molecular flexibility index (Phi) is 11.1. The number of carboxylic acids is 1. The van der Waals surface area contributed by atoms with Crippen LogP contribution < -0.4 is 19.5 Å². The average molecular weight is 693 g/mol. The molecule has 248 valence electrons. The number of rotatable bonds is 12. The number of aliphatic carboxylic acids is 1. The lowest BCUT2D eigenvalue weighted by atomic mass is 9.87. The number of hydrogen-bond acceptors (Lipinski definition) is 7. The van der Waals surface area contributed by atoms with E-state index in [1.165, 1.54) is 29.2 Å². The quantitative estimate of drug-likeness (QED) is 0.223. The molecule has 1 saturated carbocycles. The monoisotopic (exact) mass is 691 g/mol. The molecule has 5 rings (SSSR count). The van der Waals surface area contributed by atoms with Crippen LogP contribution in [0.1, 0.15) is 31.9 Å². The lowest BCUT2D eigenvalue weighted by Gasteiger charge is -2.21. The Morgan fingerprint density at radius 2 is 1.54 bits per heavy atom. The Morgan fingerprint density at radius 3 is 2.11 bits per heavy atom. The van der Waals surface area contributed by atoms with E-state index in [0.717, 1.165) is 11.1 Å². The number of benzene rings is 3. The number of sulfonamides is 1. The van der Waals surface area contributed by atoms with Crippen molar-refractivity contribution in [2.75, 3.05) is 26.2 Å². The number of piperidine rings is 1. The second-order valence-electron chi connectivity index (χ2n) is 12.5. The molecule has 1 aliphatic carbocycles. The van der Waals surface area contributed by atoms with Crippen molar-refractivity contribution in [2.24, 2.45) is 11.8 Å². The lowest BCUT2D eigenvalue weighted by Crippen LogP contribution is -2.44. The predicted molar refractivity (Wildman–Crippen MR) is 178 cm³/mol. The molecular formula is C33H39Cl2N3O7S. The van der Waals surface area contributed by atoms with Gasteiger partial charge in [0, 0.05) is 37.1 Å². The van der Waals surface area contributed by atoms with Crippen LogP contribution in [-0.2, 0) is 26.7 Å². The van der Waals surface area contributed by atoms with Crippen molar-refractivity contribution in [1.82, 2.24) is 14.9 Å². The van der Waals surface area contributed by atoms with Crippen molar-refractivity contribution < 1.29 is 32.6 Å². The van der Waals surface area contributed by atoms with Gasteiger partial charge < -0.3 is 24.8 Å². The van der Waals surface area contributed by atoms with Gasteiger partial charge in [0.15, 0.2) is 6.10 Å². The molecule has 1 saturated heterocycles. The van der Waals surface area contributed by atoms with Crippen LogP contribution in [0.25, 0.3) is 0 Å². The van der Waals surface area contributed by atoms with Crippen LogP contribution in [0.2, 0.25) is 5.02 Å². The maximum Gasteiger partial charge on any atom is 0.345 e. The summed E-state index contributed by atoms with van der Waals surface area (Å²) in [6.07, 6.45) is -0.806. The first kappa shape index (κ1) is 35.3. The molecule has 3 aromatic rings. The molecule has 3 N–H and O–H groups in total. The van der Waals surface area contributed by atoms with Crippen LogP contribution in [-0.4, -0.2) is 68.8 Å². The van der Waals surface area contributed by atoms with E-state index in [1.54, 1.807) is 12.1 Å². The Hall–Kier alpha value is -3.51. The fourth-order valence-corrected chi connectivity index (χ4v) is 6.65. The van der Waals surface area contributed by atoms with E-state index in [9.17, 15) is 23.1 Å². The maximum absolute atomic E-state index is 12.6. The summed E-state index contributed by atoms with van der Waals surface area (Å²) < 4.78 is 38.8. The van der Waals surface area contributed by atoms with Gasteiger partial charge in [-0.3, -0.25) is 0 Å². The molecule has 46 heavy (non-hydrogen) atoms. The van der Waals surface area contributed by atoms with Crippen molar-refractivity contribution in [2.45, 2.75) is 49.6 Å². The third kappa shape index (κ3) is 8.85. The van der Waals surface area contributed by atoms with Gasteiger partial charge in [-0.1, -0.05) is 56.6 Å². The van der Waals surface area contributed by atoms with E-state index >= 15 is 0 Å². The molecule has 4 atom stereocenters. The van der Waals surface area contributed by atoms with Gasteiger partial charge in [-0.25, -0.2) is 22.7 Å². The molecule has 2 aliphatic rings. The van der Waals surface area contributed by atoms with Crippen LogP contribution in [0, 0.1) is 11.8 Å². The van der Waals surface area contributed by atoms with Crippen molar-refractivity contribution in [1.29, 1.82) is 0 Å². The molecular weight excluding hydrogens is 653 g/mol. The smallest absolute Gasteiger partial charge is 0.345 e. The molecule has 1 unspecified atom stereocenters. The molecule has 0 spiro atoms. The first-order valence-electron chi connectivity index (χ1n) is 14.8. The molecule has 10 nitrogen and oxygen atoms in total. The number of halogens is 2. The van der Waals surface area contributed by atoms with Gasteiger partial charge in [0.1, 0.15) is 18.1 Å². The van der Waals surface area contributed by atoms with Gasteiger partial charge in [0.25, 0.3) is 10.0 Å². The molecule has 0 aromatic heterocycles. The van der Waals surface area contributed by atoms with Gasteiger partial charge in [0.05, 0.1) is 4.90 Å².